The monoisotopic (exact) mass is 294 g/mol. The van der Waals surface area contributed by atoms with Gasteiger partial charge in [-0.3, -0.25) is 4.98 Å². The molecule has 17 heavy (non-hydrogen) atoms. The van der Waals surface area contributed by atoms with Gasteiger partial charge in [0.15, 0.2) is 0 Å². The number of hydrogen-bond donors (Lipinski definition) is 1. The average molecular weight is 295 g/mol. The van der Waals surface area contributed by atoms with Gasteiger partial charge in [-0.2, -0.15) is 0 Å². The molecule has 0 aliphatic rings. The van der Waals surface area contributed by atoms with Crippen molar-refractivity contribution in [2.75, 3.05) is 7.05 Å². The molecule has 0 aliphatic carbocycles. The molecule has 0 saturated carbocycles. The highest BCUT2D eigenvalue weighted by molar-refractivity contribution is 9.10. The number of benzene rings is 1. The minimum atomic E-state index is -0.322. The average Bonchev–Trinajstić information content (AvgIpc) is 2.30. The number of pyridine rings is 1. The van der Waals surface area contributed by atoms with Gasteiger partial charge in [-0.15, -0.1) is 0 Å². The normalized spacial score (nSPS) is 12.4. The number of aromatic nitrogens is 1. The summed E-state index contributed by atoms with van der Waals surface area (Å²) in [5, 5.41) is 3.16. The molecule has 1 N–H and O–H groups in total. The Balaban J connectivity index is 2.40. The zero-order valence-corrected chi connectivity index (χ0v) is 10.9. The minimum Gasteiger partial charge on any atom is -0.309 e. The molecular weight excluding hydrogens is 283 g/mol. The number of nitrogens with one attached hydrogen (secondary N) is 1. The number of nitrogens with zero attached hydrogens (tertiary/aromatic N) is 1. The molecule has 1 atom stereocenters. The van der Waals surface area contributed by atoms with Crippen molar-refractivity contribution in [3.05, 3.63) is 64.1 Å². The summed E-state index contributed by atoms with van der Waals surface area (Å²) in [5.41, 5.74) is 1.87. The van der Waals surface area contributed by atoms with Gasteiger partial charge in [0.05, 0.1) is 12.2 Å². The second-order valence-corrected chi connectivity index (χ2v) is 4.63. The first kappa shape index (κ1) is 12.2. The first-order valence-corrected chi connectivity index (χ1v) is 6.03. The van der Waals surface area contributed by atoms with E-state index in [-0.39, 0.29) is 11.9 Å². The Bertz CT molecular complexity index is 471. The molecule has 0 bridgehead atoms. The van der Waals surface area contributed by atoms with E-state index >= 15 is 0 Å². The predicted octanol–water partition coefficient (Wildman–Crippen LogP) is 3.29. The molecule has 4 heteroatoms. The van der Waals surface area contributed by atoms with Crippen molar-refractivity contribution in [2.24, 2.45) is 0 Å². The molecule has 1 aromatic carbocycles. The van der Waals surface area contributed by atoms with Crippen molar-refractivity contribution < 1.29 is 4.39 Å². The van der Waals surface area contributed by atoms with E-state index in [1.165, 1.54) is 12.3 Å². The van der Waals surface area contributed by atoms with Crippen LogP contribution in [0.15, 0.2) is 47.2 Å². The van der Waals surface area contributed by atoms with Gasteiger partial charge < -0.3 is 5.32 Å². The second kappa shape index (κ2) is 5.38. The van der Waals surface area contributed by atoms with Crippen LogP contribution in [0.1, 0.15) is 17.2 Å². The third-order valence-corrected chi connectivity index (χ3v) is 3.02. The van der Waals surface area contributed by atoms with Crippen LogP contribution < -0.4 is 5.32 Å². The van der Waals surface area contributed by atoms with E-state index < -0.39 is 0 Å². The summed E-state index contributed by atoms with van der Waals surface area (Å²) in [6.07, 6.45) is 2.88. The molecule has 0 saturated heterocycles. The first-order chi connectivity index (χ1) is 8.20. The molecule has 0 spiro atoms. The standard InChI is InChI=1S/C13H12BrFN2/c1-16-13(9-3-2-4-11(14)5-9)10-6-12(15)8-17-7-10/h2-8,13,16H,1H3. The summed E-state index contributed by atoms with van der Waals surface area (Å²) in [6.45, 7) is 0. The smallest absolute Gasteiger partial charge is 0.141 e. The van der Waals surface area contributed by atoms with Crippen LogP contribution >= 0.6 is 15.9 Å². The molecule has 2 nitrogen and oxygen atoms in total. The van der Waals surface area contributed by atoms with E-state index in [0.717, 1.165) is 15.6 Å². The molecule has 0 aliphatic heterocycles. The Morgan fingerprint density at radius 3 is 2.71 bits per heavy atom. The number of hydrogen-bond acceptors (Lipinski definition) is 2. The molecule has 0 fully saturated rings. The van der Waals surface area contributed by atoms with Crippen LogP contribution in [0, 0.1) is 5.82 Å². The molecule has 1 aromatic heterocycles. The lowest BCUT2D eigenvalue weighted by atomic mass is 10.0. The van der Waals surface area contributed by atoms with Crippen LogP contribution in [0.25, 0.3) is 0 Å². The zero-order valence-electron chi connectivity index (χ0n) is 9.32. The molecule has 1 unspecified atom stereocenters. The van der Waals surface area contributed by atoms with Crippen molar-refractivity contribution in [3.8, 4) is 0 Å². The lowest BCUT2D eigenvalue weighted by molar-refractivity contribution is 0.608. The summed E-state index contributed by atoms with van der Waals surface area (Å²) in [7, 11) is 1.84. The predicted molar refractivity (Wildman–Crippen MR) is 69.2 cm³/mol. The Morgan fingerprint density at radius 1 is 1.24 bits per heavy atom. The zero-order chi connectivity index (χ0) is 12.3. The van der Waals surface area contributed by atoms with Crippen molar-refractivity contribution in [3.63, 3.8) is 0 Å². The summed E-state index contributed by atoms with van der Waals surface area (Å²) in [5.74, 6) is -0.322. The SMILES string of the molecule is CNC(c1cncc(F)c1)c1cccc(Br)c1. The maximum absolute atomic E-state index is 13.2. The fourth-order valence-corrected chi connectivity index (χ4v) is 2.22. The summed E-state index contributed by atoms with van der Waals surface area (Å²) < 4.78 is 14.2. The van der Waals surface area contributed by atoms with Gasteiger partial charge >= 0.3 is 0 Å². The maximum Gasteiger partial charge on any atom is 0.141 e. The number of halogens is 2. The van der Waals surface area contributed by atoms with Crippen molar-refractivity contribution in [1.29, 1.82) is 0 Å². The minimum absolute atomic E-state index is 0.0595. The largest absolute Gasteiger partial charge is 0.309 e. The Morgan fingerprint density at radius 2 is 2.06 bits per heavy atom. The van der Waals surface area contributed by atoms with Crippen LogP contribution in [-0.4, -0.2) is 12.0 Å². The van der Waals surface area contributed by atoms with Gasteiger partial charge in [0, 0.05) is 10.7 Å². The van der Waals surface area contributed by atoms with Crippen LogP contribution in [0.2, 0.25) is 0 Å². The highest BCUT2D eigenvalue weighted by Crippen LogP contribution is 2.24. The third kappa shape index (κ3) is 2.90. The molecule has 0 amide bonds. The van der Waals surface area contributed by atoms with Gasteiger partial charge in [0.1, 0.15) is 5.82 Å². The van der Waals surface area contributed by atoms with Crippen LogP contribution in [0.4, 0.5) is 4.39 Å². The molecule has 0 radical (unpaired) electrons. The van der Waals surface area contributed by atoms with E-state index in [0.29, 0.717) is 0 Å². The molecule has 2 rings (SSSR count). The third-order valence-electron chi connectivity index (χ3n) is 2.53. The van der Waals surface area contributed by atoms with Gasteiger partial charge in [-0.1, -0.05) is 28.1 Å². The molecular formula is C13H12BrFN2. The fourth-order valence-electron chi connectivity index (χ4n) is 1.80. The van der Waals surface area contributed by atoms with Crippen molar-refractivity contribution >= 4 is 15.9 Å². The lowest BCUT2D eigenvalue weighted by Crippen LogP contribution is -2.18. The first-order valence-electron chi connectivity index (χ1n) is 5.24. The second-order valence-electron chi connectivity index (χ2n) is 3.71. The van der Waals surface area contributed by atoms with Crippen molar-refractivity contribution in [1.82, 2.24) is 10.3 Å². The molecule has 88 valence electrons. The van der Waals surface area contributed by atoms with Crippen LogP contribution in [0.5, 0.6) is 0 Å². The number of rotatable bonds is 3. The van der Waals surface area contributed by atoms with E-state index in [1.54, 1.807) is 6.20 Å². The van der Waals surface area contributed by atoms with E-state index in [2.05, 4.69) is 26.2 Å². The Labute approximate surface area is 108 Å². The maximum atomic E-state index is 13.2. The van der Waals surface area contributed by atoms with E-state index in [4.69, 9.17) is 0 Å². The van der Waals surface area contributed by atoms with Gasteiger partial charge in [-0.25, -0.2) is 4.39 Å². The molecule has 2 aromatic rings. The highest BCUT2D eigenvalue weighted by Gasteiger charge is 2.13. The quantitative estimate of drug-likeness (QED) is 0.940. The Hall–Kier alpha value is -1.26. The van der Waals surface area contributed by atoms with Crippen LogP contribution in [-0.2, 0) is 0 Å². The van der Waals surface area contributed by atoms with Gasteiger partial charge in [0.25, 0.3) is 0 Å². The molecule has 1 heterocycles. The van der Waals surface area contributed by atoms with Gasteiger partial charge in [0.2, 0.25) is 0 Å². The lowest BCUT2D eigenvalue weighted by Gasteiger charge is -2.17. The summed E-state index contributed by atoms with van der Waals surface area (Å²) in [6, 6.07) is 9.35. The summed E-state index contributed by atoms with van der Waals surface area (Å²) in [4.78, 5) is 3.87. The van der Waals surface area contributed by atoms with E-state index in [1.807, 2.05) is 31.3 Å². The van der Waals surface area contributed by atoms with Crippen LogP contribution in [0.3, 0.4) is 0 Å². The van der Waals surface area contributed by atoms with Crippen molar-refractivity contribution in [2.45, 2.75) is 6.04 Å². The van der Waals surface area contributed by atoms with Gasteiger partial charge in [-0.05, 0) is 36.4 Å². The van der Waals surface area contributed by atoms with E-state index in [9.17, 15) is 4.39 Å². The highest BCUT2D eigenvalue weighted by atomic mass is 79.9. The summed E-state index contributed by atoms with van der Waals surface area (Å²) >= 11 is 3.43. The Kier molecular flexibility index (Phi) is 3.86. The topological polar surface area (TPSA) is 24.9 Å². The fraction of sp³-hybridized carbons (Fsp3) is 0.154.